The van der Waals surface area contributed by atoms with Crippen molar-refractivity contribution < 1.29 is 31.7 Å². The fourth-order valence-corrected chi connectivity index (χ4v) is 6.65. The number of benzene rings is 1. The minimum absolute atomic E-state index is 0.0253. The molecule has 3 heterocycles. The van der Waals surface area contributed by atoms with Gasteiger partial charge in [0.25, 0.3) is 0 Å². The molecule has 37 heavy (non-hydrogen) atoms. The van der Waals surface area contributed by atoms with Crippen LogP contribution in [0.25, 0.3) is 12.2 Å². The third kappa shape index (κ3) is 5.93. The van der Waals surface area contributed by atoms with Gasteiger partial charge < -0.3 is 14.2 Å². The van der Waals surface area contributed by atoms with Crippen LogP contribution in [0.2, 0.25) is 0 Å². The molecule has 1 unspecified atom stereocenters. The van der Waals surface area contributed by atoms with E-state index in [2.05, 4.69) is 5.16 Å². The van der Waals surface area contributed by atoms with Crippen molar-refractivity contribution in [2.75, 3.05) is 32.8 Å². The molecule has 11 heteroatoms. The summed E-state index contributed by atoms with van der Waals surface area (Å²) in [4.78, 5) is 27.0. The highest BCUT2D eigenvalue weighted by Crippen LogP contribution is 2.31. The molecule has 4 rings (SSSR count). The predicted molar refractivity (Wildman–Crippen MR) is 134 cm³/mol. The number of ether oxygens (including phenoxy) is 1. The van der Waals surface area contributed by atoms with Crippen molar-refractivity contribution in [3.05, 3.63) is 47.1 Å². The minimum atomic E-state index is -3.95. The zero-order chi connectivity index (χ0) is 26.6. The van der Waals surface area contributed by atoms with Crippen LogP contribution in [0, 0.1) is 24.6 Å². The Kier molecular flexibility index (Phi) is 8.43. The molecule has 1 amide bonds. The Morgan fingerprint density at radius 2 is 1.86 bits per heavy atom. The third-order valence-corrected chi connectivity index (χ3v) is 8.96. The predicted octanol–water partition coefficient (Wildman–Crippen LogP) is 3.49. The lowest BCUT2D eigenvalue weighted by Crippen LogP contribution is -2.48. The first-order valence-corrected chi connectivity index (χ1v) is 14.0. The van der Waals surface area contributed by atoms with Gasteiger partial charge in [-0.15, -0.1) is 0 Å². The van der Waals surface area contributed by atoms with Gasteiger partial charge in [0.1, 0.15) is 11.5 Å². The number of esters is 1. The van der Waals surface area contributed by atoms with Gasteiger partial charge in [0, 0.05) is 37.7 Å². The number of hydrogen-bond donors (Lipinski definition) is 0. The highest BCUT2D eigenvalue weighted by atomic mass is 32.2. The monoisotopic (exact) mass is 533 g/mol. The average molecular weight is 534 g/mol. The Morgan fingerprint density at radius 3 is 2.57 bits per heavy atom. The molecule has 2 aromatic rings. The van der Waals surface area contributed by atoms with Crippen LogP contribution in [0.5, 0.6) is 0 Å². The van der Waals surface area contributed by atoms with Crippen LogP contribution in [-0.4, -0.2) is 67.4 Å². The number of sulfonamides is 1. The molecule has 2 aliphatic heterocycles. The lowest BCUT2D eigenvalue weighted by Gasteiger charge is -2.36. The molecule has 2 saturated heterocycles. The molecule has 1 aromatic carbocycles. The second kappa shape index (κ2) is 11.6. The van der Waals surface area contributed by atoms with Gasteiger partial charge >= 0.3 is 5.97 Å². The number of aryl methyl sites for hydroxylation is 1. The molecule has 0 aliphatic carbocycles. The maximum absolute atomic E-state index is 14.0. The van der Waals surface area contributed by atoms with Crippen molar-refractivity contribution in [1.82, 2.24) is 14.4 Å². The maximum Gasteiger partial charge on any atom is 0.310 e. The van der Waals surface area contributed by atoms with Gasteiger partial charge in [0.15, 0.2) is 10.7 Å². The van der Waals surface area contributed by atoms with Gasteiger partial charge in [0.2, 0.25) is 15.9 Å². The number of carbonyl (C=O) groups is 2. The van der Waals surface area contributed by atoms with E-state index < -0.39 is 15.8 Å². The van der Waals surface area contributed by atoms with E-state index in [1.54, 1.807) is 36.9 Å². The van der Waals surface area contributed by atoms with E-state index in [9.17, 15) is 22.4 Å². The van der Waals surface area contributed by atoms with Gasteiger partial charge in [-0.1, -0.05) is 23.4 Å². The lowest BCUT2D eigenvalue weighted by atomic mass is 9.93. The summed E-state index contributed by atoms with van der Waals surface area (Å²) in [5.41, 5.74) is 0.506. The van der Waals surface area contributed by atoms with E-state index >= 15 is 0 Å². The van der Waals surface area contributed by atoms with E-state index in [0.717, 1.165) is 6.42 Å². The molecule has 200 valence electrons. The molecule has 2 fully saturated rings. The molecule has 0 saturated carbocycles. The number of halogens is 1. The van der Waals surface area contributed by atoms with Gasteiger partial charge in [-0.25, -0.2) is 12.8 Å². The molecule has 1 aromatic heterocycles. The van der Waals surface area contributed by atoms with Crippen molar-refractivity contribution >= 4 is 34.1 Å². The normalized spacial score (nSPS) is 19.9. The summed E-state index contributed by atoms with van der Waals surface area (Å²) in [6, 6.07) is 6.13. The van der Waals surface area contributed by atoms with Crippen LogP contribution in [0.3, 0.4) is 0 Å². The molecular formula is C26H32FN3O6S. The molecule has 1 atom stereocenters. The second-order valence-electron chi connectivity index (χ2n) is 9.37. The van der Waals surface area contributed by atoms with Crippen molar-refractivity contribution in [2.45, 2.75) is 44.4 Å². The average Bonchev–Trinajstić information content (AvgIpc) is 3.29. The fraction of sp³-hybridized carbons (Fsp3) is 0.500. The van der Waals surface area contributed by atoms with E-state index in [4.69, 9.17) is 9.26 Å². The van der Waals surface area contributed by atoms with Crippen LogP contribution in [0.4, 0.5) is 4.39 Å². The Balaban J connectivity index is 1.42. The number of carbonyl (C=O) groups excluding carboxylic acids is 2. The van der Waals surface area contributed by atoms with Crippen molar-refractivity contribution in [2.24, 2.45) is 11.8 Å². The number of aromatic nitrogens is 1. The van der Waals surface area contributed by atoms with Crippen LogP contribution in [0.15, 0.2) is 33.7 Å². The smallest absolute Gasteiger partial charge is 0.310 e. The summed E-state index contributed by atoms with van der Waals surface area (Å²) < 4.78 is 52.7. The summed E-state index contributed by atoms with van der Waals surface area (Å²) in [6.07, 6.45) is 5.04. The molecule has 9 nitrogen and oxygen atoms in total. The van der Waals surface area contributed by atoms with Crippen molar-refractivity contribution in [3.8, 4) is 0 Å². The summed E-state index contributed by atoms with van der Waals surface area (Å²) in [6.45, 7) is 4.89. The zero-order valence-electron chi connectivity index (χ0n) is 21.1. The fourth-order valence-electron chi connectivity index (χ4n) is 4.93. The lowest BCUT2D eigenvalue weighted by molar-refractivity contribution is -0.152. The van der Waals surface area contributed by atoms with Gasteiger partial charge in [-0.05, 0) is 57.7 Å². The quantitative estimate of drug-likeness (QED) is 0.501. The van der Waals surface area contributed by atoms with Crippen molar-refractivity contribution in [3.63, 3.8) is 0 Å². The summed E-state index contributed by atoms with van der Waals surface area (Å²) in [5, 5.41) is 3.83. The van der Waals surface area contributed by atoms with Gasteiger partial charge in [0.05, 0.1) is 12.5 Å². The Labute approximate surface area is 216 Å². The number of hydrogen-bond acceptors (Lipinski definition) is 7. The SMILES string of the molecule is CCOC(=O)C1CCCN(C(=O)C2CCN(S(=O)(=O)c3c(C)noc3C=Cc3ccccc3F)CC2)C1. The topological polar surface area (TPSA) is 110 Å². The summed E-state index contributed by atoms with van der Waals surface area (Å²) >= 11 is 0. The van der Waals surface area contributed by atoms with Crippen LogP contribution in [-0.2, 0) is 24.3 Å². The summed E-state index contributed by atoms with van der Waals surface area (Å²) in [5.74, 6) is -1.35. The largest absolute Gasteiger partial charge is 0.466 e. The number of rotatable bonds is 7. The Hall–Kier alpha value is -3.05. The Morgan fingerprint density at radius 1 is 1.14 bits per heavy atom. The highest BCUT2D eigenvalue weighted by Gasteiger charge is 2.38. The van der Waals surface area contributed by atoms with E-state index in [0.29, 0.717) is 44.5 Å². The van der Waals surface area contributed by atoms with E-state index in [1.807, 2.05) is 0 Å². The second-order valence-corrected chi connectivity index (χ2v) is 11.2. The highest BCUT2D eigenvalue weighted by molar-refractivity contribution is 7.89. The minimum Gasteiger partial charge on any atom is -0.466 e. The Bertz CT molecular complexity index is 1270. The number of amides is 1. The molecular weight excluding hydrogens is 501 g/mol. The molecule has 2 aliphatic rings. The standard InChI is InChI=1S/C26H32FN3O6S/c1-3-35-26(32)21-8-6-14-29(17-21)25(31)20-12-15-30(16-13-20)37(33,34)24-18(2)28-36-23(24)11-10-19-7-4-5-9-22(19)27/h4-5,7,9-11,20-21H,3,6,8,12-17H2,1-2H3. The van der Waals surface area contributed by atoms with Gasteiger partial charge in [-0.3, -0.25) is 9.59 Å². The maximum atomic E-state index is 14.0. The first-order chi connectivity index (χ1) is 17.7. The van der Waals surface area contributed by atoms with Crippen molar-refractivity contribution in [1.29, 1.82) is 0 Å². The zero-order valence-corrected chi connectivity index (χ0v) is 21.9. The number of likely N-dealkylation sites (tertiary alicyclic amines) is 1. The van der Waals surface area contributed by atoms with Crippen LogP contribution >= 0.6 is 0 Å². The van der Waals surface area contributed by atoms with Crippen LogP contribution < -0.4 is 0 Å². The number of piperidine rings is 2. The van der Waals surface area contributed by atoms with Gasteiger partial charge in [-0.2, -0.15) is 4.31 Å². The number of nitrogens with zero attached hydrogens (tertiary/aromatic N) is 3. The summed E-state index contributed by atoms with van der Waals surface area (Å²) in [7, 11) is -3.95. The van der Waals surface area contributed by atoms with E-state index in [-0.39, 0.29) is 53.2 Å². The molecule has 0 bridgehead atoms. The first kappa shape index (κ1) is 27.0. The first-order valence-electron chi connectivity index (χ1n) is 12.6. The molecule has 0 N–H and O–H groups in total. The third-order valence-electron chi connectivity index (χ3n) is 6.91. The van der Waals surface area contributed by atoms with E-state index in [1.165, 1.54) is 22.5 Å². The molecule has 0 radical (unpaired) electrons. The van der Waals surface area contributed by atoms with Crippen LogP contribution in [0.1, 0.15) is 49.6 Å². The molecule has 0 spiro atoms.